The van der Waals surface area contributed by atoms with Gasteiger partial charge < -0.3 is 9.30 Å². The molecule has 0 amide bonds. The summed E-state index contributed by atoms with van der Waals surface area (Å²) in [6, 6.07) is 1.67. The predicted molar refractivity (Wildman–Crippen MR) is 76.1 cm³/mol. The molecule has 0 aliphatic heterocycles. The van der Waals surface area contributed by atoms with Gasteiger partial charge in [-0.3, -0.25) is 9.00 Å². The molecule has 0 aliphatic rings. The zero-order chi connectivity index (χ0) is 14.5. The van der Waals surface area contributed by atoms with Crippen molar-refractivity contribution in [1.29, 1.82) is 0 Å². The number of aryl methyl sites for hydroxylation is 1. The molecule has 0 aromatic carbocycles. The third kappa shape index (κ3) is 5.74. The normalized spacial score (nSPS) is 11.1. The lowest BCUT2D eigenvalue weighted by Crippen LogP contribution is -2.09. The highest BCUT2D eigenvalue weighted by Gasteiger charge is 2.07. The molecule has 0 fully saturated rings. The number of methoxy groups -OCH3 is 1. The SMILES string of the molecule is COC(=O)c1ccn(CCCC(=O)C=S(C)(C)=O)c1. The van der Waals surface area contributed by atoms with E-state index in [-0.39, 0.29) is 11.8 Å². The second-order valence-electron chi connectivity index (χ2n) is 4.63. The van der Waals surface area contributed by atoms with Crippen molar-refractivity contribution in [2.24, 2.45) is 0 Å². The molecule has 0 aliphatic carbocycles. The highest BCUT2D eigenvalue weighted by Crippen LogP contribution is 2.05. The van der Waals surface area contributed by atoms with Crippen LogP contribution in [0.25, 0.3) is 0 Å². The van der Waals surface area contributed by atoms with E-state index in [4.69, 9.17) is 0 Å². The molecule has 1 heterocycles. The van der Waals surface area contributed by atoms with E-state index in [2.05, 4.69) is 4.74 Å². The van der Waals surface area contributed by atoms with Crippen LogP contribution in [0.3, 0.4) is 0 Å². The number of nitrogens with zero attached hydrogens (tertiary/aromatic N) is 1. The van der Waals surface area contributed by atoms with Gasteiger partial charge in [0.1, 0.15) is 0 Å². The smallest absolute Gasteiger partial charge is 0.339 e. The quantitative estimate of drug-likeness (QED) is 0.577. The standard InChI is InChI=1S/C13H19NO4S/c1-18-13(16)11-6-8-14(9-11)7-4-5-12(15)10-19(2,3)17/h6,8-10H,4-5,7H2,1-3H3. The Bertz CT molecular complexity index is 571. The maximum absolute atomic E-state index is 11.5. The van der Waals surface area contributed by atoms with Gasteiger partial charge in [0.2, 0.25) is 0 Å². The van der Waals surface area contributed by atoms with Gasteiger partial charge in [0.05, 0.1) is 12.7 Å². The molecule has 1 aromatic rings. The van der Waals surface area contributed by atoms with Crippen LogP contribution >= 0.6 is 0 Å². The molecular weight excluding hydrogens is 266 g/mol. The van der Waals surface area contributed by atoms with Gasteiger partial charge in [-0.25, -0.2) is 4.79 Å². The number of Topliss-reactive ketones (excluding diaryl/α,β-unsaturated/α-hetero) is 1. The molecular formula is C13H19NO4S. The molecule has 0 unspecified atom stereocenters. The van der Waals surface area contributed by atoms with E-state index in [0.29, 0.717) is 24.9 Å². The van der Waals surface area contributed by atoms with Gasteiger partial charge in [-0.15, -0.1) is 0 Å². The Morgan fingerprint density at radius 3 is 2.68 bits per heavy atom. The Morgan fingerprint density at radius 1 is 1.42 bits per heavy atom. The number of hydrogen-bond acceptors (Lipinski definition) is 4. The fourth-order valence-corrected chi connectivity index (χ4v) is 2.38. The van der Waals surface area contributed by atoms with Crippen molar-refractivity contribution in [2.75, 3.05) is 19.6 Å². The predicted octanol–water partition coefficient (Wildman–Crippen LogP) is 0.970. The van der Waals surface area contributed by atoms with Gasteiger partial charge in [-0.2, -0.15) is 0 Å². The topological polar surface area (TPSA) is 65.4 Å². The van der Waals surface area contributed by atoms with Crippen LogP contribution in [0, 0.1) is 0 Å². The zero-order valence-corrected chi connectivity index (χ0v) is 12.2. The molecule has 0 atom stereocenters. The monoisotopic (exact) mass is 285 g/mol. The van der Waals surface area contributed by atoms with E-state index in [1.165, 1.54) is 12.5 Å². The molecule has 0 saturated heterocycles. The van der Waals surface area contributed by atoms with E-state index in [1.807, 2.05) is 4.57 Å². The number of carbonyl (C=O) groups excluding carboxylic acids is 2. The van der Waals surface area contributed by atoms with Crippen LogP contribution < -0.4 is 0 Å². The van der Waals surface area contributed by atoms with Crippen LogP contribution in [0.2, 0.25) is 0 Å². The van der Waals surface area contributed by atoms with Crippen molar-refractivity contribution in [3.05, 3.63) is 24.0 Å². The molecule has 0 saturated carbocycles. The van der Waals surface area contributed by atoms with Crippen molar-refractivity contribution < 1.29 is 18.5 Å². The molecule has 1 rings (SSSR count). The average Bonchev–Trinajstić information content (AvgIpc) is 2.74. The first-order chi connectivity index (χ1) is 8.81. The minimum Gasteiger partial charge on any atom is -0.465 e. The van der Waals surface area contributed by atoms with Crippen molar-refractivity contribution in [3.63, 3.8) is 0 Å². The molecule has 1 aromatic heterocycles. The number of ether oxygens (including phenoxy) is 1. The fourth-order valence-electron chi connectivity index (χ4n) is 1.63. The van der Waals surface area contributed by atoms with E-state index in [9.17, 15) is 13.8 Å². The van der Waals surface area contributed by atoms with Gasteiger partial charge in [-0.05, 0) is 22.0 Å². The number of rotatable bonds is 6. The highest BCUT2D eigenvalue weighted by atomic mass is 32.2. The summed E-state index contributed by atoms with van der Waals surface area (Å²) >= 11 is 0. The summed E-state index contributed by atoms with van der Waals surface area (Å²) in [6.07, 6.45) is 7.52. The van der Waals surface area contributed by atoms with E-state index in [0.717, 1.165) is 0 Å². The summed E-state index contributed by atoms with van der Waals surface area (Å²) in [4.78, 5) is 22.7. The number of aromatic nitrogens is 1. The van der Waals surface area contributed by atoms with Gasteiger partial charge in [0.25, 0.3) is 0 Å². The van der Waals surface area contributed by atoms with Gasteiger partial charge >= 0.3 is 5.97 Å². The maximum Gasteiger partial charge on any atom is 0.339 e. The van der Waals surface area contributed by atoms with Crippen LogP contribution in [-0.2, 0) is 25.6 Å². The minimum atomic E-state index is -2.12. The second kappa shape index (κ2) is 6.56. The first-order valence-electron chi connectivity index (χ1n) is 5.88. The third-order valence-corrected chi connectivity index (χ3v) is 3.26. The number of esters is 1. The summed E-state index contributed by atoms with van der Waals surface area (Å²) in [7, 11) is -0.787. The van der Waals surface area contributed by atoms with E-state index < -0.39 is 9.52 Å². The van der Waals surface area contributed by atoms with E-state index in [1.54, 1.807) is 31.0 Å². The van der Waals surface area contributed by atoms with Crippen LogP contribution in [0.4, 0.5) is 0 Å². The Labute approximate surface area is 113 Å². The molecule has 19 heavy (non-hydrogen) atoms. The lowest BCUT2D eigenvalue weighted by atomic mass is 10.2. The van der Waals surface area contributed by atoms with Crippen molar-refractivity contribution in [1.82, 2.24) is 4.57 Å². The number of carbonyl (C=O) groups is 2. The van der Waals surface area contributed by atoms with Crippen LogP contribution in [-0.4, -0.2) is 45.5 Å². The summed E-state index contributed by atoms with van der Waals surface area (Å²) in [6.45, 7) is 0.630. The van der Waals surface area contributed by atoms with Crippen molar-refractivity contribution >= 4 is 26.6 Å². The summed E-state index contributed by atoms with van der Waals surface area (Å²) in [5, 5.41) is 1.29. The molecule has 6 heteroatoms. The van der Waals surface area contributed by atoms with Crippen molar-refractivity contribution in [2.45, 2.75) is 19.4 Å². The Morgan fingerprint density at radius 2 is 2.11 bits per heavy atom. The Balaban J connectivity index is 2.46. The zero-order valence-electron chi connectivity index (χ0n) is 11.4. The second-order valence-corrected chi connectivity index (χ2v) is 7.48. The molecule has 5 nitrogen and oxygen atoms in total. The fraction of sp³-hybridized carbons (Fsp3) is 0.462. The summed E-state index contributed by atoms with van der Waals surface area (Å²) in [5.74, 6) is -0.477. The van der Waals surface area contributed by atoms with Crippen LogP contribution in [0.1, 0.15) is 23.2 Å². The first-order valence-corrected chi connectivity index (χ1v) is 8.31. The largest absolute Gasteiger partial charge is 0.465 e. The van der Waals surface area contributed by atoms with Crippen LogP contribution in [0.15, 0.2) is 18.5 Å². The highest BCUT2D eigenvalue weighted by molar-refractivity contribution is 8.01. The Kier molecular flexibility index (Phi) is 5.35. The third-order valence-electron chi connectivity index (χ3n) is 2.43. The lowest BCUT2D eigenvalue weighted by Gasteiger charge is -2.01. The maximum atomic E-state index is 11.5. The minimum absolute atomic E-state index is 0.102. The molecule has 0 N–H and O–H groups in total. The van der Waals surface area contributed by atoms with Gasteiger partial charge in [0, 0.05) is 43.2 Å². The van der Waals surface area contributed by atoms with E-state index >= 15 is 0 Å². The van der Waals surface area contributed by atoms with Crippen LogP contribution in [0.5, 0.6) is 0 Å². The molecule has 0 spiro atoms. The number of hydrogen-bond donors (Lipinski definition) is 0. The first kappa shape index (κ1) is 15.5. The van der Waals surface area contributed by atoms with Gasteiger partial charge in [-0.1, -0.05) is 0 Å². The van der Waals surface area contributed by atoms with Gasteiger partial charge in [0.15, 0.2) is 5.78 Å². The summed E-state index contributed by atoms with van der Waals surface area (Å²) in [5.41, 5.74) is 0.491. The average molecular weight is 285 g/mol. The lowest BCUT2D eigenvalue weighted by molar-refractivity contribution is -0.112. The molecule has 106 valence electrons. The summed E-state index contributed by atoms with van der Waals surface area (Å²) < 4.78 is 17.8. The molecule has 0 radical (unpaired) electrons. The number of ketones is 1. The Hall–Kier alpha value is -1.56. The van der Waals surface area contributed by atoms with Crippen molar-refractivity contribution in [3.8, 4) is 0 Å². The molecule has 0 bridgehead atoms.